The fraction of sp³-hybridized carbons (Fsp3) is 0.526. The zero-order valence-corrected chi connectivity index (χ0v) is 15.2. The third-order valence-electron chi connectivity index (χ3n) is 5.57. The first-order chi connectivity index (χ1) is 12.7. The van der Waals surface area contributed by atoms with Gasteiger partial charge in [-0.1, -0.05) is 0 Å². The number of benzene rings is 1. The Bertz CT molecular complexity index is 782. The smallest absolute Gasteiger partial charge is 0.226 e. The monoisotopic (exact) mass is 356 g/mol. The van der Waals surface area contributed by atoms with Crippen molar-refractivity contribution in [2.75, 3.05) is 27.3 Å². The molecule has 2 heterocycles. The highest BCUT2D eigenvalue weighted by molar-refractivity contribution is 5.79. The molecule has 2 unspecified atom stereocenters. The lowest BCUT2D eigenvalue weighted by molar-refractivity contribution is -0.134. The summed E-state index contributed by atoms with van der Waals surface area (Å²) in [6.45, 7) is 1.54. The average Bonchev–Trinajstić information content (AvgIpc) is 3.35. The number of ether oxygens (including phenoxy) is 2. The number of aryl methyl sites for hydroxylation is 1. The predicted molar refractivity (Wildman–Crippen MR) is 95.4 cm³/mol. The van der Waals surface area contributed by atoms with Crippen LogP contribution in [-0.4, -0.2) is 53.5 Å². The molecule has 1 aliphatic heterocycles. The molecule has 7 nitrogen and oxygen atoms in total. The van der Waals surface area contributed by atoms with Crippen LogP contribution in [0.5, 0.6) is 11.5 Å². The number of likely N-dealkylation sites (tertiary alicyclic amines) is 1. The third-order valence-corrected chi connectivity index (χ3v) is 5.57. The van der Waals surface area contributed by atoms with Crippen LogP contribution >= 0.6 is 0 Å². The summed E-state index contributed by atoms with van der Waals surface area (Å²) in [5.41, 5.74) is 3.12. The number of nitrogens with zero attached hydrogens (tertiary/aromatic N) is 3. The van der Waals surface area contributed by atoms with E-state index >= 15 is 0 Å². The van der Waals surface area contributed by atoms with Gasteiger partial charge in [-0.3, -0.25) is 4.79 Å². The highest BCUT2D eigenvalue weighted by Crippen LogP contribution is 2.34. The van der Waals surface area contributed by atoms with Crippen molar-refractivity contribution in [2.24, 2.45) is 5.92 Å². The molecule has 2 aromatic rings. The Morgan fingerprint density at radius 3 is 2.58 bits per heavy atom. The van der Waals surface area contributed by atoms with E-state index in [1.807, 2.05) is 23.1 Å². The summed E-state index contributed by atoms with van der Waals surface area (Å²) in [7, 11) is 3.31. The Labute approximate surface area is 152 Å². The highest BCUT2D eigenvalue weighted by Gasteiger charge is 2.34. The number of H-pyrrole nitrogens is 1. The van der Waals surface area contributed by atoms with Gasteiger partial charge in [-0.15, -0.1) is 0 Å². The molecule has 0 bridgehead atoms. The maximum absolute atomic E-state index is 13.0. The highest BCUT2D eigenvalue weighted by atomic mass is 16.5. The number of nitrogens with one attached hydrogen (secondary N) is 1. The largest absolute Gasteiger partial charge is 0.497 e. The van der Waals surface area contributed by atoms with Crippen LogP contribution in [0.15, 0.2) is 18.2 Å². The number of aromatic nitrogens is 3. The predicted octanol–water partition coefficient (Wildman–Crippen LogP) is 1.94. The molecular weight excluding hydrogens is 332 g/mol. The number of rotatable bonds is 4. The maximum atomic E-state index is 13.0. The van der Waals surface area contributed by atoms with Crippen LogP contribution in [0.1, 0.15) is 35.7 Å². The van der Waals surface area contributed by atoms with Crippen molar-refractivity contribution in [3.8, 4) is 11.5 Å². The van der Waals surface area contributed by atoms with Crippen molar-refractivity contribution in [1.29, 1.82) is 0 Å². The van der Waals surface area contributed by atoms with Crippen molar-refractivity contribution in [2.45, 2.75) is 31.6 Å². The van der Waals surface area contributed by atoms with E-state index < -0.39 is 0 Å². The molecule has 1 saturated heterocycles. The zero-order chi connectivity index (χ0) is 18.1. The van der Waals surface area contributed by atoms with E-state index in [-0.39, 0.29) is 11.8 Å². The molecule has 1 aromatic heterocycles. The minimum Gasteiger partial charge on any atom is -0.497 e. The topological polar surface area (TPSA) is 80.3 Å². The van der Waals surface area contributed by atoms with Crippen LogP contribution < -0.4 is 9.47 Å². The number of methoxy groups -OCH3 is 2. The molecule has 2 aliphatic rings. The number of amides is 1. The molecule has 1 fully saturated rings. The van der Waals surface area contributed by atoms with E-state index in [1.54, 1.807) is 14.2 Å². The standard InChI is InChI=1S/C19H24N4O3/c1-25-15-7-14(8-16(10-15)26-2)13-5-6-23(11-13)19(24)12-3-4-17-18(9-12)21-22-20-17/h7-8,10,12-13H,3-6,9,11H2,1-2H3,(H,20,21,22). The lowest BCUT2D eigenvalue weighted by Gasteiger charge is -2.25. The van der Waals surface area contributed by atoms with E-state index in [9.17, 15) is 4.79 Å². The summed E-state index contributed by atoms with van der Waals surface area (Å²) in [4.78, 5) is 15.0. The molecule has 1 amide bonds. The van der Waals surface area contributed by atoms with Crippen molar-refractivity contribution in [3.63, 3.8) is 0 Å². The third kappa shape index (κ3) is 3.13. The van der Waals surface area contributed by atoms with E-state index in [2.05, 4.69) is 15.4 Å². The summed E-state index contributed by atoms with van der Waals surface area (Å²) in [5.74, 6) is 2.15. The number of aromatic amines is 1. The van der Waals surface area contributed by atoms with Gasteiger partial charge in [0.05, 0.1) is 25.6 Å². The van der Waals surface area contributed by atoms with E-state index in [1.165, 1.54) is 5.56 Å². The van der Waals surface area contributed by atoms with E-state index in [0.29, 0.717) is 12.3 Å². The summed E-state index contributed by atoms with van der Waals surface area (Å²) >= 11 is 0. The summed E-state index contributed by atoms with van der Waals surface area (Å²) in [5, 5.41) is 11.0. The van der Waals surface area contributed by atoms with Crippen LogP contribution in [0.2, 0.25) is 0 Å². The van der Waals surface area contributed by atoms with Crippen molar-refractivity contribution < 1.29 is 14.3 Å². The van der Waals surface area contributed by atoms with Crippen molar-refractivity contribution >= 4 is 5.91 Å². The second-order valence-electron chi connectivity index (χ2n) is 7.07. The van der Waals surface area contributed by atoms with E-state index in [4.69, 9.17) is 9.47 Å². The van der Waals surface area contributed by atoms with Crippen molar-refractivity contribution in [3.05, 3.63) is 35.2 Å². The molecule has 26 heavy (non-hydrogen) atoms. The zero-order valence-electron chi connectivity index (χ0n) is 15.2. The fourth-order valence-corrected chi connectivity index (χ4v) is 4.05. The molecular formula is C19H24N4O3. The SMILES string of the molecule is COc1cc(OC)cc(C2CCN(C(=O)C3CCc4n[nH]nc4C3)C2)c1. The lowest BCUT2D eigenvalue weighted by Crippen LogP contribution is -2.37. The Balaban J connectivity index is 1.45. The molecule has 1 aliphatic carbocycles. The first kappa shape index (κ1) is 16.9. The number of carbonyl (C=O) groups is 1. The van der Waals surface area contributed by atoms with Crippen LogP contribution in [0.25, 0.3) is 0 Å². The van der Waals surface area contributed by atoms with Gasteiger partial charge in [0, 0.05) is 37.4 Å². The van der Waals surface area contributed by atoms with Gasteiger partial charge in [0.25, 0.3) is 0 Å². The van der Waals surface area contributed by atoms with Gasteiger partial charge in [0.1, 0.15) is 11.5 Å². The number of hydrogen-bond acceptors (Lipinski definition) is 5. The maximum Gasteiger partial charge on any atom is 0.226 e. The molecule has 0 spiro atoms. The molecule has 0 radical (unpaired) electrons. The molecule has 2 atom stereocenters. The average molecular weight is 356 g/mol. The molecule has 0 saturated carbocycles. The number of carbonyl (C=O) groups excluding carboxylic acids is 1. The first-order valence-electron chi connectivity index (χ1n) is 9.08. The van der Waals surface area contributed by atoms with Crippen LogP contribution in [0.4, 0.5) is 0 Å². The van der Waals surface area contributed by atoms with E-state index in [0.717, 1.165) is 55.2 Å². The minimum atomic E-state index is 0.0196. The quantitative estimate of drug-likeness (QED) is 0.906. The molecule has 4 rings (SSSR count). The normalized spacial score (nSPS) is 22.2. The van der Waals surface area contributed by atoms with Gasteiger partial charge in [-0.25, -0.2) is 0 Å². The molecule has 138 valence electrons. The molecule has 1 aromatic carbocycles. The van der Waals surface area contributed by atoms with Crippen LogP contribution in [-0.2, 0) is 17.6 Å². The molecule has 7 heteroatoms. The second-order valence-corrected chi connectivity index (χ2v) is 7.07. The fourth-order valence-electron chi connectivity index (χ4n) is 4.05. The Hall–Kier alpha value is -2.57. The second kappa shape index (κ2) is 6.97. The van der Waals surface area contributed by atoms with Gasteiger partial charge >= 0.3 is 0 Å². The first-order valence-corrected chi connectivity index (χ1v) is 9.08. The van der Waals surface area contributed by atoms with Crippen LogP contribution in [0.3, 0.4) is 0 Å². The minimum absolute atomic E-state index is 0.0196. The summed E-state index contributed by atoms with van der Waals surface area (Å²) < 4.78 is 10.8. The number of hydrogen-bond donors (Lipinski definition) is 1. The Kier molecular flexibility index (Phi) is 4.53. The lowest BCUT2D eigenvalue weighted by atomic mass is 9.89. The van der Waals surface area contributed by atoms with Gasteiger partial charge in [0.2, 0.25) is 5.91 Å². The van der Waals surface area contributed by atoms with Gasteiger partial charge in [0.15, 0.2) is 0 Å². The Morgan fingerprint density at radius 1 is 1.12 bits per heavy atom. The summed E-state index contributed by atoms with van der Waals surface area (Å²) in [6, 6.07) is 5.96. The Morgan fingerprint density at radius 2 is 1.85 bits per heavy atom. The van der Waals surface area contributed by atoms with Crippen LogP contribution in [0, 0.1) is 5.92 Å². The molecule has 1 N–H and O–H groups in total. The van der Waals surface area contributed by atoms with Gasteiger partial charge in [-0.2, -0.15) is 15.4 Å². The summed E-state index contributed by atoms with van der Waals surface area (Å²) in [6.07, 6.45) is 3.34. The van der Waals surface area contributed by atoms with Gasteiger partial charge < -0.3 is 14.4 Å². The van der Waals surface area contributed by atoms with Crippen molar-refractivity contribution in [1.82, 2.24) is 20.3 Å². The number of fused-ring (bicyclic) bond motifs is 1. The van der Waals surface area contributed by atoms with Gasteiger partial charge in [-0.05, 0) is 37.0 Å².